The molecule has 1 rings (SSSR count). The molecule has 1 fully saturated rings. The summed E-state index contributed by atoms with van der Waals surface area (Å²) in [5.74, 6) is 0.537. The lowest BCUT2D eigenvalue weighted by molar-refractivity contribution is -0.0298. The van der Waals surface area contributed by atoms with Gasteiger partial charge in [0.05, 0.1) is 6.61 Å². The summed E-state index contributed by atoms with van der Waals surface area (Å²) < 4.78 is 14.0. The first-order valence-electron chi connectivity index (χ1n) is 4.61. The Bertz CT molecular complexity index is 152. The number of carbonyl (C=O) groups is 1. The Morgan fingerprint density at radius 2 is 2.00 bits per heavy atom. The van der Waals surface area contributed by atoms with Crippen LogP contribution in [0.15, 0.2) is 0 Å². The van der Waals surface area contributed by atoms with Gasteiger partial charge in [0, 0.05) is 7.11 Å². The third-order valence-electron chi connectivity index (χ3n) is 2.21. The largest absolute Gasteiger partial charge is 0.510 e. The van der Waals surface area contributed by atoms with Gasteiger partial charge in [0.15, 0.2) is 6.79 Å². The maximum atomic E-state index is 10.8. The standard InChI is InChI=1S/C9H16O4/c1-11-7-13-9(10)12-6-8-4-2-3-5-8/h8H,2-7H2,1H3. The highest BCUT2D eigenvalue weighted by Crippen LogP contribution is 2.24. The molecule has 76 valence electrons. The molecule has 0 aliphatic heterocycles. The zero-order valence-corrected chi connectivity index (χ0v) is 7.95. The van der Waals surface area contributed by atoms with Crippen molar-refractivity contribution < 1.29 is 19.0 Å². The third-order valence-corrected chi connectivity index (χ3v) is 2.21. The van der Waals surface area contributed by atoms with Crippen LogP contribution in [0.5, 0.6) is 0 Å². The van der Waals surface area contributed by atoms with E-state index >= 15 is 0 Å². The average molecular weight is 188 g/mol. The van der Waals surface area contributed by atoms with Gasteiger partial charge in [-0.2, -0.15) is 0 Å². The SMILES string of the molecule is COCOC(=O)OCC1CCCC1. The van der Waals surface area contributed by atoms with Gasteiger partial charge >= 0.3 is 6.16 Å². The lowest BCUT2D eigenvalue weighted by atomic mass is 10.1. The normalized spacial score (nSPS) is 17.3. The van der Waals surface area contributed by atoms with Crippen LogP contribution in [0, 0.1) is 5.92 Å². The minimum Gasteiger partial charge on any atom is -0.434 e. The van der Waals surface area contributed by atoms with Crippen molar-refractivity contribution in [3.63, 3.8) is 0 Å². The molecule has 0 atom stereocenters. The molecule has 0 aromatic heterocycles. The number of rotatable bonds is 4. The summed E-state index contributed by atoms with van der Waals surface area (Å²) in [6.45, 7) is 0.450. The van der Waals surface area contributed by atoms with Crippen molar-refractivity contribution in [2.45, 2.75) is 25.7 Å². The molecule has 0 N–H and O–H groups in total. The molecule has 0 spiro atoms. The van der Waals surface area contributed by atoms with E-state index in [-0.39, 0.29) is 6.79 Å². The lowest BCUT2D eigenvalue weighted by Crippen LogP contribution is -2.14. The maximum absolute atomic E-state index is 10.8. The molecule has 0 unspecified atom stereocenters. The van der Waals surface area contributed by atoms with Crippen LogP contribution in [0.3, 0.4) is 0 Å². The molecule has 1 aliphatic rings. The summed E-state index contributed by atoms with van der Waals surface area (Å²) in [5, 5.41) is 0. The summed E-state index contributed by atoms with van der Waals surface area (Å²) in [4.78, 5) is 10.8. The van der Waals surface area contributed by atoms with Gasteiger partial charge in [-0.3, -0.25) is 0 Å². The topological polar surface area (TPSA) is 44.8 Å². The summed E-state index contributed by atoms with van der Waals surface area (Å²) in [7, 11) is 1.46. The van der Waals surface area contributed by atoms with Gasteiger partial charge in [-0.05, 0) is 18.8 Å². The van der Waals surface area contributed by atoms with Gasteiger partial charge in [0.2, 0.25) is 0 Å². The number of methoxy groups -OCH3 is 1. The summed E-state index contributed by atoms with van der Waals surface area (Å²) in [6.07, 6.45) is 4.20. The Balaban J connectivity index is 2.00. The van der Waals surface area contributed by atoms with E-state index in [0.29, 0.717) is 12.5 Å². The molecule has 0 amide bonds. The fourth-order valence-corrected chi connectivity index (χ4v) is 1.51. The van der Waals surface area contributed by atoms with Crippen LogP contribution in [0.4, 0.5) is 4.79 Å². The van der Waals surface area contributed by atoms with E-state index in [1.54, 1.807) is 0 Å². The summed E-state index contributed by atoms with van der Waals surface area (Å²) in [5.41, 5.74) is 0. The number of hydrogen-bond donors (Lipinski definition) is 0. The van der Waals surface area contributed by atoms with E-state index in [0.717, 1.165) is 12.8 Å². The Hall–Kier alpha value is -0.770. The van der Waals surface area contributed by atoms with Crippen molar-refractivity contribution in [3.8, 4) is 0 Å². The van der Waals surface area contributed by atoms with E-state index in [1.165, 1.54) is 20.0 Å². The first-order valence-corrected chi connectivity index (χ1v) is 4.61. The van der Waals surface area contributed by atoms with Crippen molar-refractivity contribution in [3.05, 3.63) is 0 Å². The molecule has 0 bridgehead atoms. The molecular formula is C9H16O4. The van der Waals surface area contributed by atoms with Gasteiger partial charge in [0.1, 0.15) is 0 Å². The molecule has 0 heterocycles. The number of hydrogen-bond acceptors (Lipinski definition) is 4. The number of carbonyl (C=O) groups excluding carboxylic acids is 1. The summed E-state index contributed by atoms with van der Waals surface area (Å²) >= 11 is 0. The van der Waals surface area contributed by atoms with E-state index in [1.807, 2.05) is 0 Å². The predicted molar refractivity (Wildman–Crippen MR) is 46.3 cm³/mol. The molecule has 1 saturated carbocycles. The molecule has 13 heavy (non-hydrogen) atoms. The molecule has 4 nitrogen and oxygen atoms in total. The highest BCUT2D eigenvalue weighted by atomic mass is 16.8. The Morgan fingerprint density at radius 3 is 2.62 bits per heavy atom. The van der Waals surface area contributed by atoms with Crippen molar-refractivity contribution in [1.29, 1.82) is 0 Å². The zero-order chi connectivity index (χ0) is 9.52. The second-order valence-electron chi connectivity index (χ2n) is 3.26. The van der Waals surface area contributed by atoms with Gasteiger partial charge < -0.3 is 14.2 Å². The van der Waals surface area contributed by atoms with Crippen molar-refractivity contribution in [2.75, 3.05) is 20.5 Å². The smallest absolute Gasteiger partial charge is 0.434 e. The van der Waals surface area contributed by atoms with Gasteiger partial charge in [-0.1, -0.05) is 12.8 Å². The highest BCUT2D eigenvalue weighted by molar-refractivity contribution is 5.59. The Kier molecular flexibility index (Phi) is 4.60. The average Bonchev–Trinajstić information content (AvgIpc) is 2.64. The molecule has 0 aromatic rings. The first-order chi connectivity index (χ1) is 6.33. The van der Waals surface area contributed by atoms with Crippen LogP contribution in [-0.4, -0.2) is 26.7 Å². The fraction of sp³-hybridized carbons (Fsp3) is 0.889. The van der Waals surface area contributed by atoms with E-state index in [4.69, 9.17) is 4.74 Å². The van der Waals surface area contributed by atoms with Crippen molar-refractivity contribution in [1.82, 2.24) is 0 Å². The molecule has 0 radical (unpaired) electrons. The van der Waals surface area contributed by atoms with Crippen LogP contribution < -0.4 is 0 Å². The third kappa shape index (κ3) is 4.12. The van der Waals surface area contributed by atoms with Gasteiger partial charge in [-0.25, -0.2) is 4.79 Å². The number of ether oxygens (including phenoxy) is 3. The Morgan fingerprint density at radius 1 is 1.31 bits per heavy atom. The van der Waals surface area contributed by atoms with Crippen LogP contribution in [0.25, 0.3) is 0 Å². The van der Waals surface area contributed by atoms with Gasteiger partial charge in [0.25, 0.3) is 0 Å². The van der Waals surface area contributed by atoms with Crippen molar-refractivity contribution in [2.24, 2.45) is 5.92 Å². The van der Waals surface area contributed by atoms with Gasteiger partial charge in [-0.15, -0.1) is 0 Å². The fourth-order valence-electron chi connectivity index (χ4n) is 1.51. The zero-order valence-electron chi connectivity index (χ0n) is 7.95. The minimum atomic E-state index is -0.631. The Labute approximate surface area is 78.2 Å². The lowest BCUT2D eigenvalue weighted by Gasteiger charge is -2.09. The molecule has 1 aliphatic carbocycles. The monoisotopic (exact) mass is 188 g/mol. The quantitative estimate of drug-likeness (QED) is 0.499. The van der Waals surface area contributed by atoms with E-state index in [9.17, 15) is 4.79 Å². The second kappa shape index (κ2) is 5.80. The van der Waals surface area contributed by atoms with Crippen LogP contribution in [-0.2, 0) is 14.2 Å². The van der Waals surface area contributed by atoms with Crippen LogP contribution in [0.1, 0.15) is 25.7 Å². The van der Waals surface area contributed by atoms with Crippen molar-refractivity contribution >= 4 is 6.16 Å². The van der Waals surface area contributed by atoms with E-state index < -0.39 is 6.16 Å². The molecule has 4 heteroatoms. The van der Waals surface area contributed by atoms with Crippen LogP contribution >= 0.6 is 0 Å². The summed E-state index contributed by atoms with van der Waals surface area (Å²) in [6, 6.07) is 0. The minimum absolute atomic E-state index is 0.0382. The second-order valence-corrected chi connectivity index (χ2v) is 3.26. The predicted octanol–water partition coefficient (Wildman–Crippen LogP) is 1.93. The van der Waals surface area contributed by atoms with Crippen LogP contribution in [0.2, 0.25) is 0 Å². The first kappa shape index (κ1) is 10.3. The highest BCUT2D eigenvalue weighted by Gasteiger charge is 2.17. The maximum Gasteiger partial charge on any atom is 0.510 e. The molecule has 0 saturated heterocycles. The molecule has 0 aromatic carbocycles. The molecular weight excluding hydrogens is 172 g/mol. The van der Waals surface area contributed by atoms with E-state index in [2.05, 4.69) is 9.47 Å².